The molecule has 0 bridgehead atoms. The van der Waals surface area contributed by atoms with Crippen LogP contribution in [0, 0.1) is 0 Å². The maximum Gasteiger partial charge on any atom is 0.240 e. The summed E-state index contributed by atoms with van der Waals surface area (Å²) in [6.07, 6.45) is 2.20. The van der Waals surface area contributed by atoms with Crippen LogP contribution in [0.2, 0.25) is 0 Å². The summed E-state index contributed by atoms with van der Waals surface area (Å²) in [7, 11) is -3.51. The molecule has 1 aromatic carbocycles. The normalized spacial score (nSPS) is 19.2. The number of nitrogens with one attached hydrogen (secondary N) is 3. The van der Waals surface area contributed by atoms with Gasteiger partial charge in [-0.1, -0.05) is 6.92 Å². The Morgan fingerprint density at radius 1 is 1.33 bits per heavy atom. The van der Waals surface area contributed by atoms with Gasteiger partial charge in [0.1, 0.15) is 0 Å². The predicted octanol–water partition coefficient (Wildman–Crippen LogP) is 1.07. The van der Waals surface area contributed by atoms with Gasteiger partial charge in [0, 0.05) is 24.7 Å². The number of hydrogen-bond acceptors (Lipinski definition) is 4. The van der Waals surface area contributed by atoms with Crippen LogP contribution in [0.4, 0.5) is 5.69 Å². The van der Waals surface area contributed by atoms with E-state index < -0.39 is 10.0 Å². The zero-order valence-corrected chi connectivity index (χ0v) is 12.9. The Balaban J connectivity index is 2.04. The first-order valence-electron chi connectivity index (χ1n) is 7.14. The first-order valence-corrected chi connectivity index (χ1v) is 8.62. The lowest BCUT2D eigenvalue weighted by molar-refractivity contribution is -0.115. The monoisotopic (exact) mass is 311 g/mol. The van der Waals surface area contributed by atoms with E-state index >= 15 is 0 Å². The molecule has 0 spiro atoms. The molecule has 2 rings (SSSR count). The Labute approximate surface area is 125 Å². The second-order valence-corrected chi connectivity index (χ2v) is 6.80. The van der Waals surface area contributed by atoms with Crippen molar-refractivity contribution in [2.75, 3.05) is 18.4 Å². The molecule has 1 saturated heterocycles. The van der Waals surface area contributed by atoms with Gasteiger partial charge in [0.05, 0.1) is 4.90 Å². The number of amides is 1. The van der Waals surface area contributed by atoms with Crippen molar-refractivity contribution in [3.63, 3.8) is 0 Å². The predicted molar refractivity (Wildman–Crippen MR) is 81.6 cm³/mol. The summed E-state index contributed by atoms with van der Waals surface area (Å²) >= 11 is 0. The van der Waals surface area contributed by atoms with Crippen molar-refractivity contribution in [1.82, 2.24) is 10.0 Å². The maximum absolute atomic E-state index is 12.3. The molecule has 1 atom stereocenters. The summed E-state index contributed by atoms with van der Waals surface area (Å²) in [6, 6.07) is 6.14. The summed E-state index contributed by atoms with van der Waals surface area (Å²) < 4.78 is 27.2. The summed E-state index contributed by atoms with van der Waals surface area (Å²) in [5.41, 5.74) is 0.597. The molecule has 3 N–H and O–H groups in total. The molecule has 116 valence electrons. The molecule has 0 saturated carbocycles. The van der Waals surface area contributed by atoms with Gasteiger partial charge >= 0.3 is 0 Å². The molecular weight excluding hydrogens is 290 g/mol. The molecule has 0 radical (unpaired) electrons. The lowest BCUT2D eigenvalue weighted by Crippen LogP contribution is -2.45. The third kappa shape index (κ3) is 4.52. The van der Waals surface area contributed by atoms with Crippen LogP contribution >= 0.6 is 0 Å². The highest BCUT2D eigenvalue weighted by Gasteiger charge is 2.21. The van der Waals surface area contributed by atoms with E-state index in [0.29, 0.717) is 18.7 Å². The van der Waals surface area contributed by atoms with Crippen molar-refractivity contribution < 1.29 is 13.2 Å². The number of carbonyl (C=O) groups is 1. The van der Waals surface area contributed by atoms with E-state index in [2.05, 4.69) is 15.4 Å². The molecule has 0 aliphatic carbocycles. The molecule has 1 fully saturated rings. The van der Waals surface area contributed by atoms with Gasteiger partial charge in [-0.05, 0) is 43.7 Å². The quantitative estimate of drug-likeness (QED) is 0.759. The van der Waals surface area contributed by atoms with E-state index in [0.717, 1.165) is 19.4 Å². The van der Waals surface area contributed by atoms with Crippen molar-refractivity contribution in [3.8, 4) is 0 Å². The molecule has 1 heterocycles. The number of hydrogen-bond donors (Lipinski definition) is 3. The van der Waals surface area contributed by atoms with Gasteiger partial charge in [-0.15, -0.1) is 0 Å². The highest BCUT2D eigenvalue weighted by atomic mass is 32.2. The van der Waals surface area contributed by atoms with Gasteiger partial charge < -0.3 is 10.6 Å². The van der Waals surface area contributed by atoms with Crippen molar-refractivity contribution >= 4 is 21.6 Å². The second kappa shape index (κ2) is 7.02. The van der Waals surface area contributed by atoms with Crippen LogP contribution in [0.25, 0.3) is 0 Å². The number of benzene rings is 1. The molecule has 21 heavy (non-hydrogen) atoms. The minimum Gasteiger partial charge on any atom is -0.326 e. The van der Waals surface area contributed by atoms with Crippen LogP contribution in [0.5, 0.6) is 0 Å². The average molecular weight is 311 g/mol. The van der Waals surface area contributed by atoms with E-state index in [9.17, 15) is 13.2 Å². The van der Waals surface area contributed by atoms with Gasteiger partial charge in [-0.25, -0.2) is 13.1 Å². The Kier molecular flexibility index (Phi) is 5.33. The smallest absolute Gasteiger partial charge is 0.240 e. The topological polar surface area (TPSA) is 87.3 Å². The van der Waals surface area contributed by atoms with Gasteiger partial charge in [0.2, 0.25) is 15.9 Å². The summed E-state index contributed by atoms with van der Waals surface area (Å²) in [5, 5.41) is 5.86. The van der Waals surface area contributed by atoms with E-state index in [1.165, 1.54) is 12.1 Å². The molecule has 0 aromatic heterocycles. The lowest BCUT2D eigenvalue weighted by Gasteiger charge is -2.23. The van der Waals surface area contributed by atoms with Gasteiger partial charge in [0.25, 0.3) is 0 Å². The van der Waals surface area contributed by atoms with Gasteiger partial charge in [0.15, 0.2) is 0 Å². The summed E-state index contributed by atoms with van der Waals surface area (Å²) in [6.45, 7) is 3.35. The largest absolute Gasteiger partial charge is 0.326 e. The fraction of sp³-hybridized carbons (Fsp3) is 0.500. The Bertz CT molecular complexity index is 578. The highest BCUT2D eigenvalue weighted by Crippen LogP contribution is 2.15. The highest BCUT2D eigenvalue weighted by molar-refractivity contribution is 7.89. The van der Waals surface area contributed by atoms with Crippen molar-refractivity contribution in [2.24, 2.45) is 0 Å². The molecule has 1 amide bonds. The lowest BCUT2D eigenvalue weighted by atomic mass is 10.1. The zero-order chi connectivity index (χ0) is 15.3. The van der Waals surface area contributed by atoms with E-state index in [1.807, 2.05) is 0 Å². The first-order chi connectivity index (χ1) is 10.0. The average Bonchev–Trinajstić information content (AvgIpc) is 2.48. The fourth-order valence-electron chi connectivity index (χ4n) is 2.21. The Morgan fingerprint density at radius 3 is 2.62 bits per heavy atom. The molecule has 7 heteroatoms. The number of anilines is 1. The number of piperidine rings is 1. The third-order valence-electron chi connectivity index (χ3n) is 3.39. The SMILES string of the molecule is CCC(=O)Nc1ccc(S(=O)(=O)NC2CCCNC2)cc1. The number of rotatable bonds is 5. The van der Waals surface area contributed by atoms with Crippen molar-refractivity contribution in [2.45, 2.75) is 37.1 Å². The van der Waals surface area contributed by atoms with E-state index in [1.54, 1.807) is 19.1 Å². The van der Waals surface area contributed by atoms with E-state index in [4.69, 9.17) is 0 Å². The molecule has 1 aliphatic heterocycles. The number of carbonyl (C=O) groups excluding carboxylic acids is 1. The minimum atomic E-state index is -3.51. The molecule has 1 unspecified atom stereocenters. The Hall–Kier alpha value is -1.44. The van der Waals surface area contributed by atoms with Crippen LogP contribution in [-0.4, -0.2) is 33.5 Å². The van der Waals surface area contributed by atoms with Crippen molar-refractivity contribution in [3.05, 3.63) is 24.3 Å². The molecule has 1 aliphatic rings. The van der Waals surface area contributed by atoms with Crippen LogP contribution in [0.1, 0.15) is 26.2 Å². The molecule has 6 nitrogen and oxygen atoms in total. The third-order valence-corrected chi connectivity index (χ3v) is 4.92. The standard InChI is InChI=1S/C14H21N3O3S/c1-2-14(18)16-11-5-7-13(8-6-11)21(19,20)17-12-4-3-9-15-10-12/h5-8,12,15,17H,2-4,9-10H2,1H3,(H,16,18). The van der Waals surface area contributed by atoms with Crippen molar-refractivity contribution in [1.29, 1.82) is 0 Å². The van der Waals surface area contributed by atoms with Crippen LogP contribution < -0.4 is 15.4 Å². The fourth-order valence-corrected chi connectivity index (χ4v) is 3.48. The van der Waals surface area contributed by atoms with Crippen LogP contribution in [0.3, 0.4) is 0 Å². The second-order valence-electron chi connectivity index (χ2n) is 5.09. The minimum absolute atomic E-state index is 0.0665. The molecular formula is C14H21N3O3S. The summed E-state index contributed by atoms with van der Waals surface area (Å²) in [4.78, 5) is 11.5. The van der Waals surface area contributed by atoms with Gasteiger partial charge in [-0.2, -0.15) is 0 Å². The number of sulfonamides is 1. The summed E-state index contributed by atoms with van der Waals surface area (Å²) in [5.74, 6) is -0.1000. The molecule has 1 aromatic rings. The van der Waals surface area contributed by atoms with Gasteiger partial charge in [-0.3, -0.25) is 4.79 Å². The van der Waals surface area contributed by atoms with Crippen LogP contribution in [0.15, 0.2) is 29.2 Å². The first kappa shape index (κ1) is 15.9. The Morgan fingerprint density at radius 2 is 2.05 bits per heavy atom. The van der Waals surface area contributed by atoms with Crippen LogP contribution in [-0.2, 0) is 14.8 Å². The van der Waals surface area contributed by atoms with E-state index in [-0.39, 0.29) is 16.8 Å². The zero-order valence-electron chi connectivity index (χ0n) is 12.1. The maximum atomic E-state index is 12.3.